The van der Waals surface area contributed by atoms with E-state index in [-0.39, 0.29) is 0 Å². The molecule has 0 aromatic heterocycles. The van der Waals surface area contributed by atoms with Crippen LogP contribution in [0.15, 0.2) is 0 Å². The van der Waals surface area contributed by atoms with Crippen LogP contribution in [-0.4, -0.2) is 12.6 Å². The van der Waals surface area contributed by atoms with Crippen molar-refractivity contribution >= 4 is 0 Å². The van der Waals surface area contributed by atoms with Gasteiger partial charge in [-0.2, -0.15) is 0 Å². The second kappa shape index (κ2) is 2.13. The van der Waals surface area contributed by atoms with Crippen LogP contribution in [0.4, 0.5) is 0 Å². The van der Waals surface area contributed by atoms with Gasteiger partial charge in [0.1, 0.15) is 0 Å². The first-order valence-electron chi connectivity index (χ1n) is 8.20. The van der Waals surface area contributed by atoms with Crippen molar-refractivity contribution in [3.63, 3.8) is 0 Å². The monoisotopic (exact) mass is 227 g/mol. The predicted octanol–water partition coefficient (Wildman–Crippen LogP) is 1.99. The third kappa shape index (κ3) is 0.554. The first-order chi connectivity index (χ1) is 8.47. The molecule has 0 radical (unpaired) electrons. The van der Waals surface area contributed by atoms with E-state index < -0.39 is 0 Å². The normalized spacial score (nSPS) is 83.3. The second-order valence-corrected chi connectivity index (χ2v) is 8.48. The van der Waals surface area contributed by atoms with E-state index in [2.05, 4.69) is 5.32 Å². The molecule has 0 aromatic rings. The van der Waals surface area contributed by atoms with Crippen molar-refractivity contribution in [2.45, 2.75) is 25.3 Å². The van der Waals surface area contributed by atoms with E-state index in [1.807, 2.05) is 0 Å². The molecule has 7 fully saturated rings. The van der Waals surface area contributed by atoms with Gasteiger partial charge in [0.05, 0.1) is 0 Å². The first-order valence-corrected chi connectivity index (χ1v) is 8.20. The van der Waals surface area contributed by atoms with E-state index >= 15 is 0 Å². The highest BCUT2D eigenvalue weighted by Gasteiger charge is 2.85. The Morgan fingerprint density at radius 1 is 0.588 bits per heavy atom. The topological polar surface area (TPSA) is 12.0 Å². The third-order valence-corrected chi connectivity index (χ3v) is 9.02. The van der Waals surface area contributed by atoms with E-state index in [4.69, 9.17) is 0 Å². The molecule has 6 aliphatic carbocycles. The van der Waals surface area contributed by atoms with Crippen molar-refractivity contribution in [3.8, 4) is 0 Å². The summed E-state index contributed by atoms with van der Waals surface area (Å²) >= 11 is 0. The fourth-order valence-corrected chi connectivity index (χ4v) is 8.73. The molecule has 7 aliphatic rings. The zero-order valence-corrected chi connectivity index (χ0v) is 10.3. The standard InChI is InChI=1S/C16H21N/c1-2-5-6(3-1)9-8(5)11-12(9)14-13(11)10-7-4-17-16(7)15(10)14/h5-17H,1-4H2. The number of hydrogen-bond acceptors (Lipinski definition) is 1. The molecule has 1 heteroatoms. The van der Waals surface area contributed by atoms with E-state index in [0.717, 1.165) is 12.0 Å². The van der Waals surface area contributed by atoms with Gasteiger partial charge in [0.2, 0.25) is 0 Å². The van der Waals surface area contributed by atoms with Crippen LogP contribution in [0.1, 0.15) is 19.3 Å². The Morgan fingerprint density at radius 3 is 1.76 bits per heavy atom. The minimum atomic E-state index is 1.01. The third-order valence-electron chi connectivity index (χ3n) is 9.02. The number of hydrogen-bond donors (Lipinski definition) is 1. The van der Waals surface area contributed by atoms with Gasteiger partial charge in [-0.3, -0.25) is 0 Å². The molecule has 1 heterocycles. The second-order valence-electron chi connectivity index (χ2n) is 8.48. The SMILES string of the molecule is C1CC2C(C1)C1C2C2C1C1C3C4NCC4C3C21. The molecule has 1 N–H and O–H groups in total. The molecular formula is C16H21N. The summed E-state index contributed by atoms with van der Waals surface area (Å²) in [5.41, 5.74) is 0. The van der Waals surface area contributed by atoms with Crippen LogP contribution in [0.25, 0.3) is 0 Å². The van der Waals surface area contributed by atoms with Crippen LogP contribution in [0, 0.1) is 65.1 Å². The molecule has 90 valence electrons. The predicted molar refractivity (Wildman–Crippen MR) is 64.0 cm³/mol. The van der Waals surface area contributed by atoms with Crippen molar-refractivity contribution in [2.24, 2.45) is 65.1 Å². The molecule has 1 nitrogen and oxygen atoms in total. The van der Waals surface area contributed by atoms with Crippen LogP contribution < -0.4 is 5.32 Å². The van der Waals surface area contributed by atoms with Gasteiger partial charge < -0.3 is 5.32 Å². The summed E-state index contributed by atoms with van der Waals surface area (Å²) in [4.78, 5) is 0. The van der Waals surface area contributed by atoms with Crippen LogP contribution in [0.2, 0.25) is 0 Å². The lowest BCUT2D eigenvalue weighted by atomic mass is 9.16. The highest BCUT2D eigenvalue weighted by molar-refractivity contribution is 5.34. The Hall–Kier alpha value is -0.0400. The summed E-state index contributed by atoms with van der Waals surface area (Å²) in [5, 5.41) is 3.71. The van der Waals surface area contributed by atoms with E-state index in [1.54, 1.807) is 19.3 Å². The molecule has 6 saturated carbocycles. The van der Waals surface area contributed by atoms with Crippen LogP contribution >= 0.6 is 0 Å². The van der Waals surface area contributed by atoms with Crippen molar-refractivity contribution in [2.75, 3.05) is 6.54 Å². The number of fused-ring (bicyclic) bond motifs is 16. The summed E-state index contributed by atoms with van der Waals surface area (Å²) in [6, 6.07) is 1.01. The number of nitrogens with one attached hydrogen (secondary N) is 1. The molecule has 1 saturated heterocycles. The van der Waals surface area contributed by atoms with Gasteiger partial charge in [0, 0.05) is 12.6 Å². The first kappa shape index (κ1) is 8.19. The maximum atomic E-state index is 3.71. The van der Waals surface area contributed by atoms with Crippen molar-refractivity contribution in [3.05, 3.63) is 0 Å². The Balaban J connectivity index is 1.25. The molecule has 7 rings (SSSR count). The maximum Gasteiger partial charge on any atom is 0.0144 e. The summed E-state index contributed by atoms with van der Waals surface area (Å²) in [5.74, 6) is 13.6. The Labute approximate surface area is 103 Å². The fraction of sp³-hybridized carbons (Fsp3) is 1.00. The van der Waals surface area contributed by atoms with E-state index in [1.165, 1.54) is 65.7 Å². The number of piperidine rings is 1. The largest absolute Gasteiger partial charge is 0.313 e. The Kier molecular flexibility index (Phi) is 1.03. The molecule has 0 spiro atoms. The fourth-order valence-electron chi connectivity index (χ4n) is 8.73. The van der Waals surface area contributed by atoms with Gasteiger partial charge >= 0.3 is 0 Å². The lowest BCUT2D eigenvalue weighted by Gasteiger charge is -2.89. The highest BCUT2D eigenvalue weighted by atomic mass is 15.1. The molecule has 0 bridgehead atoms. The molecular weight excluding hydrogens is 206 g/mol. The van der Waals surface area contributed by atoms with Crippen molar-refractivity contribution in [1.29, 1.82) is 0 Å². The van der Waals surface area contributed by atoms with Crippen LogP contribution in [0.5, 0.6) is 0 Å². The average Bonchev–Trinajstić information content (AvgIpc) is 2.66. The van der Waals surface area contributed by atoms with Crippen molar-refractivity contribution in [1.82, 2.24) is 5.32 Å². The van der Waals surface area contributed by atoms with E-state index in [0.29, 0.717) is 0 Å². The average molecular weight is 227 g/mol. The minimum Gasteiger partial charge on any atom is -0.313 e. The molecule has 12 unspecified atom stereocenters. The molecule has 12 atom stereocenters. The summed E-state index contributed by atoms with van der Waals surface area (Å²) in [7, 11) is 0. The zero-order valence-electron chi connectivity index (χ0n) is 10.3. The maximum absolute atomic E-state index is 3.71. The molecule has 17 heavy (non-hydrogen) atoms. The van der Waals surface area contributed by atoms with Crippen LogP contribution in [0.3, 0.4) is 0 Å². The van der Waals surface area contributed by atoms with E-state index in [9.17, 15) is 0 Å². The quantitative estimate of drug-likeness (QED) is 0.624. The van der Waals surface area contributed by atoms with Gasteiger partial charge in [-0.25, -0.2) is 0 Å². The summed E-state index contributed by atoms with van der Waals surface area (Å²) < 4.78 is 0. The van der Waals surface area contributed by atoms with Gasteiger partial charge in [0.25, 0.3) is 0 Å². The zero-order chi connectivity index (χ0) is 10.5. The number of rotatable bonds is 0. The molecule has 0 amide bonds. The van der Waals surface area contributed by atoms with Crippen molar-refractivity contribution < 1.29 is 0 Å². The molecule has 0 aromatic carbocycles. The van der Waals surface area contributed by atoms with Gasteiger partial charge in [-0.1, -0.05) is 6.42 Å². The Morgan fingerprint density at radius 2 is 1.18 bits per heavy atom. The summed E-state index contributed by atoms with van der Waals surface area (Å²) in [6.07, 6.45) is 4.82. The lowest BCUT2D eigenvalue weighted by molar-refractivity contribution is -0.416. The lowest BCUT2D eigenvalue weighted by Crippen LogP contribution is -2.90. The summed E-state index contributed by atoms with van der Waals surface area (Å²) in [6.45, 7) is 1.38. The van der Waals surface area contributed by atoms with Gasteiger partial charge in [0.15, 0.2) is 0 Å². The minimum absolute atomic E-state index is 1.01. The van der Waals surface area contributed by atoms with Crippen LogP contribution in [-0.2, 0) is 0 Å². The Bertz CT molecular complexity index is 405. The van der Waals surface area contributed by atoms with Gasteiger partial charge in [-0.05, 0) is 77.9 Å². The molecule has 1 aliphatic heterocycles. The smallest absolute Gasteiger partial charge is 0.0144 e. The highest BCUT2D eigenvalue weighted by Crippen LogP contribution is 2.87. The van der Waals surface area contributed by atoms with Gasteiger partial charge in [-0.15, -0.1) is 0 Å².